The second-order valence-electron chi connectivity index (χ2n) is 9.23. The van der Waals surface area contributed by atoms with E-state index in [4.69, 9.17) is 5.26 Å². The van der Waals surface area contributed by atoms with Gasteiger partial charge in [0.1, 0.15) is 40.5 Å². The summed E-state index contributed by atoms with van der Waals surface area (Å²) in [6, 6.07) is 4.95. The summed E-state index contributed by atoms with van der Waals surface area (Å²) in [7, 11) is 0. The normalized spacial score (nSPS) is 18.5. The molecule has 0 heterocycles. The van der Waals surface area contributed by atoms with Crippen molar-refractivity contribution in [3.8, 4) is 6.07 Å². The predicted molar refractivity (Wildman–Crippen MR) is 120 cm³/mol. The molecular formula is C27H29F6NO. The quantitative estimate of drug-likeness (QED) is 0.244. The van der Waals surface area contributed by atoms with E-state index < -0.39 is 47.1 Å². The lowest BCUT2D eigenvalue weighted by Gasteiger charge is -2.29. The Hall–Kier alpha value is -2.53. The average Bonchev–Trinajstić information content (AvgIpc) is 2.79. The molecule has 0 atom stereocenters. The molecule has 0 amide bonds. The maximum absolute atomic E-state index is 14.7. The molecule has 8 heteroatoms. The van der Waals surface area contributed by atoms with Gasteiger partial charge in [0.15, 0.2) is 0 Å². The summed E-state index contributed by atoms with van der Waals surface area (Å²) in [6.07, 6.45) is 3.48. The minimum absolute atomic E-state index is 0.0311. The molecule has 2 nitrogen and oxygen atoms in total. The summed E-state index contributed by atoms with van der Waals surface area (Å²) >= 11 is 0. The highest BCUT2D eigenvalue weighted by molar-refractivity contribution is 5.35. The van der Waals surface area contributed by atoms with Gasteiger partial charge in [0.05, 0.1) is 6.61 Å². The van der Waals surface area contributed by atoms with Gasteiger partial charge >= 0.3 is 6.11 Å². The SMILES string of the molecule is CCCCCC1CCC(c2cc(F)c(C(F)(F)OCCc3cc(F)c(C#N)c(F)c3)c(F)c2)CC1. The van der Waals surface area contributed by atoms with Gasteiger partial charge in [0.2, 0.25) is 0 Å². The van der Waals surface area contributed by atoms with Crippen LogP contribution in [0.4, 0.5) is 26.3 Å². The zero-order chi connectivity index (χ0) is 25.6. The summed E-state index contributed by atoms with van der Waals surface area (Å²) in [5.41, 5.74) is -1.92. The van der Waals surface area contributed by atoms with Crippen molar-refractivity contribution in [3.63, 3.8) is 0 Å². The zero-order valence-electron chi connectivity index (χ0n) is 19.7. The van der Waals surface area contributed by atoms with E-state index in [0.29, 0.717) is 11.5 Å². The molecule has 2 aromatic carbocycles. The minimum atomic E-state index is -4.27. The van der Waals surface area contributed by atoms with Gasteiger partial charge in [-0.3, -0.25) is 0 Å². The highest BCUT2D eigenvalue weighted by Crippen LogP contribution is 2.40. The average molecular weight is 498 g/mol. The summed E-state index contributed by atoms with van der Waals surface area (Å²) in [5.74, 6) is -4.50. The third-order valence-corrected chi connectivity index (χ3v) is 6.78. The van der Waals surface area contributed by atoms with Gasteiger partial charge in [-0.05, 0) is 79.3 Å². The highest BCUT2D eigenvalue weighted by atomic mass is 19.3. The molecule has 0 aliphatic heterocycles. The van der Waals surface area contributed by atoms with Gasteiger partial charge in [-0.2, -0.15) is 14.0 Å². The Balaban J connectivity index is 1.63. The first-order valence-corrected chi connectivity index (χ1v) is 12.1. The standard InChI is InChI=1S/C27H29F6NO/c1-2-3-4-5-17-6-8-19(9-7-17)20-14-24(30)26(25(31)15-20)27(32,33)35-11-10-18-12-22(28)21(16-34)23(29)13-18/h12-15,17,19H,2-11H2,1H3. The monoisotopic (exact) mass is 497 g/mol. The second kappa shape index (κ2) is 11.9. The van der Waals surface area contributed by atoms with Crippen molar-refractivity contribution in [2.75, 3.05) is 6.61 Å². The fourth-order valence-corrected chi connectivity index (χ4v) is 4.82. The molecule has 1 aliphatic carbocycles. The van der Waals surface area contributed by atoms with Crippen LogP contribution in [0.5, 0.6) is 0 Å². The first-order chi connectivity index (χ1) is 16.7. The van der Waals surface area contributed by atoms with E-state index in [1.165, 1.54) is 18.9 Å². The molecule has 190 valence electrons. The lowest BCUT2D eigenvalue weighted by Crippen LogP contribution is -2.24. The molecule has 0 bridgehead atoms. The number of alkyl halides is 2. The van der Waals surface area contributed by atoms with Crippen molar-refractivity contribution in [2.24, 2.45) is 5.92 Å². The fraction of sp³-hybridized carbons (Fsp3) is 0.519. The molecule has 1 fully saturated rings. The topological polar surface area (TPSA) is 33.0 Å². The molecular weight excluding hydrogens is 468 g/mol. The minimum Gasteiger partial charge on any atom is -0.316 e. The summed E-state index contributed by atoms with van der Waals surface area (Å²) in [4.78, 5) is 0. The molecule has 0 radical (unpaired) electrons. The Labute approximate surface area is 201 Å². The molecule has 35 heavy (non-hydrogen) atoms. The van der Waals surface area contributed by atoms with Gasteiger partial charge in [-0.1, -0.05) is 32.6 Å². The van der Waals surface area contributed by atoms with E-state index in [1.807, 2.05) is 0 Å². The van der Waals surface area contributed by atoms with Crippen LogP contribution in [0, 0.1) is 40.5 Å². The lowest BCUT2D eigenvalue weighted by atomic mass is 9.77. The molecule has 0 aromatic heterocycles. The van der Waals surface area contributed by atoms with Crippen LogP contribution in [0.1, 0.15) is 86.5 Å². The van der Waals surface area contributed by atoms with E-state index >= 15 is 0 Å². The number of ether oxygens (including phenoxy) is 1. The number of hydrogen-bond acceptors (Lipinski definition) is 2. The number of unbranched alkanes of at least 4 members (excludes halogenated alkanes) is 2. The summed E-state index contributed by atoms with van der Waals surface area (Å²) in [5, 5.41) is 8.68. The number of benzene rings is 2. The van der Waals surface area contributed by atoms with E-state index in [9.17, 15) is 26.3 Å². The van der Waals surface area contributed by atoms with Crippen LogP contribution in [-0.4, -0.2) is 6.61 Å². The van der Waals surface area contributed by atoms with Crippen molar-refractivity contribution >= 4 is 0 Å². The van der Waals surface area contributed by atoms with Crippen LogP contribution < -0.4 is 0 Å². The van der Waals surface area contributed by atoms with Crippen LogP contribution in [0.25, 0.3) is 0 Å². The molecule has 0 N–H and O–H groups in total. The van der Waals surface area contributed by atoms with Crippen LogP contribution in [0.2, 0.25) is 0 Å². The fourth-order valence-electron chi connectivity index (χ4n) is 4.82. The van der Waals surface area contributed by atoms with Gasteiger partial charge in [0.25, 0.3) is 0 Å². The Morgan fingerprint density at radius 3 is 2.06 bits per heavy atom. The van der Waals surface area contributed by atoms with Gasteiger partial charge in [0, 0.05) is 0 Å². The number of nitriles is 1. The van der Waals surface area contributed by atoms with Gasteiger partial charge < -0.3 is 4.74 Å². The maximum atomic E-state index is 14.7. The molecule has 2 aromatic rings. The second-order valence-corrected chi connectivity index (χ2v) is 9.23. The van der Waals surface area contributed by atoms with Crippen LogP contribution in [-0.2, 0) is 17.3 Å². The van der Waals surface area contributed by atoms with E-state index in [0.717, 1.165) is 62.8 Å². The third-order valence-electron chi connectivity index (χ3n) is 6.78. The Morgan fingerprint density at radius 2 is 1.51 bits per heavy atom. The Morgan fingerprint density at radius 1 is 0.914 bits per heavy atom. The molecule has 0 unspecified atom stereocenters. The van der Waals surface area contributed by atoms with Crippen molar-refractivity contribution in [2.45, 2.75) is 76.7 Å². The largest absolute Gasteiger partial charge is 0.389 e. The van der Waals surface area contributed by atoms with Crippen molar-refractivity contribution in [3.05, 3.63) is 69.8 Å². The zero-order valence-corrected chi connectivity index (χ0v) is 19.7. The molecule has 1 saturated carbocycles. The van der Waals surface area contributed by atoms with Crippen LogP contribution >= 0.6 is 0 Å². The van der Waals surface area contributed by atoms with Crippen molar-refractivity contribution < 1.29 is 31.1 Å². The van der Waals surface area contributed by atoms with Crippen LogP contribution in [0.3, 0.4) is 0 Å². The van der Waals surface area contributed by atoms with E-state index in [-0.39, 0.29) is 17.9 Å². The highest BCUT2D eigenvalue weighted by Gasteiger charge is 2.40. The number of rotatable bonds is 10. The molecule has 0 spiro atoms. The number of hydrogen-bond donors (Lipinski definition) is 0. The van der Waals surface area contributed by atoms with Gasteiger partial charge in [-0.15, -0.1) is 0 Å². The Bertz CT molecular complexity index is 1010. The Kier molecular flexibility index (Phi) is 9.23. The van der Waals surface area contributed by atoms with Crippen molar-refractivity contribution in [1.29, 1.82) is 5.26 Å². The molecule has 0 saturated heterocycles. The van der Waals surface area contributed by atoms with Crippen LogP contribution in [0.15, 0.2) is 24.3 Å². The lowest BCUT2D eigenvalue weighted by molar-refractivity contribution is -0.251. The van der Waals surface area contributed by atoms with E-state index in [1.54, 1.807) is 0 Å². The summed E-state index contributed by atoms with van der Waals surface area (Å²) in [6.45, 7) is 1.40. The smallest absolute Gasteiger partial charge is 0.316 e. The number of nitrogens with zero attached hydrogens (tertiary/aromatic N) is 1. The van der Waals surface area contributed by atoms with Gasteiger partial charge in [-0.25, -0.2) is 17.6 Å². The maximum Gasteiger partial charge on any atom is 0.389 e. The first kappa shape index (κ1) is 27.1. The first-order valence-electron chi connectivity index (χ1n) is 12.1. The number of halogens is 6. The predicted octanol–water partition coefficient (Wildman–Crippen LogP) is 8.28. The molecule has 3 rings (SSSR count). The molecule has 1 aliphatic rings. The van der Waals surface area contributed by atoms with Crippen molar-refractivity contribution in [1.82, 2.24) is 0 Å². The summed E-state index contributed by atoms with van der Waals surface area (Å²) < 4.78 is 90.2. The third kappa shape index (κ3) is 6.78. The van der Waals surface area contributed by atoms with E-state index in [2.05, 4.69) is 11.7 Å².